The molecule has 1 aliphatic heterocycles. The molecule has 1 aromatic heterocycles. The molecule has 1 aromatic carbocycles. The van der Waals surface area contributed by atoms with E-state index in [0.29, 0.717) is 24.5 Å². The van der Waals surface area contributed by atoms with E-state index in [1.165, 1.54) is 16.9 Å². The van der Waals surface area contributed by atoms with Crippen LogP contribution in [0.2, 0.25) is 0 Å². The van der Waals surface area contributed by atoms with Gasteiger partial charge in [-0.2, -0.15) is 0 Å². The van der Waals surface area contributed by atoms with E-state index < -0.39 is 0 Å². The topological polar surface area (TPSA) is 68.5 Å². The van der Waals surface area contributed by atoms with Gasteiger partial charge >= 0.3 is 0 Å². The van der Waals surface area contributed by atoms with Crippen molar-refractivity contribution in [1.29, 1.82) is 0 Å². The average molecular weight is 317 g/mol. The number of para-hydroxylation sites is 1. The molecule has 1 atom stereocenters. The summed E-state index contributed by atoms with van der Waals surface area (Å²) in [6, 6.07) is 8.03. The summed E-state index contributed by atoms with van der Waals surface area (Å²) in [5.74, 6) is 1.04. The molecular formula is C16H19N3O2S. The number of hydrogen-bond acceptors (Lipinski definition) is 5. The molecule has 0 bridgehead atoms. The minimum Gasteiger partial charge on any atom is -0.488 e. The van der Waals surface area contributed by atoms with Crippen molar-refractivity contribution < 1.29 is 9.53 Å². The molecule has 22 heavy (non-hydrogen) atoms. The summed E-state index contributed by atoms with van der Waals surface area (Å²) in [5.41, 5.74) is 7.69. The summed E-state index contributed by atoms with van der Waals surface area (Å²) in [5, 5.41) is 2.45. The molecule has 0 radical (unpaired) electrons. The Morgan fingerprint density at radius 2 is 2.32 bits per heavy atom. The van der Waals surface area contributed by atoms with E-state index in [2.05, 4.69) is 11.1 Å². The zero-order valence-corrected chi connectivity index (χ0v) is 13.3. The number of benzene rings is 1. The summed E-state index contributed by atoms with van der Waals surface area (Å²) in [7, 11) is 1.82. The van der Waals surface area contributed by atoms with Gasteiger partial charge in [0.25, 0.3) is 0 Å². The Hall–Kier alpha value is -2.08. The van der Waals surface area contributed by atoms with E-state index in [1.54, 1.807) is 4.90 Å². The van der Waals surface area contributed by atoms with Gasteiger partial charge in [-0.3, -0.25) is 4.79 Å². The number of likely N-dealkylation sites (N-methyl/N-ethyl adjacent to an activating group) is 1. The summed E-state index contributed by atoms with van der Waals surface area (Å²) >= 11 is 1.41. The SMILES string of the molecule is CN(CC1Cc2ccccc2O1)C(=O)CCc1csc(N)n1. The number of hydrogen-bond donors (Lipinski definition) is 1. The molecule has 0 fully saturated rings. The van der Waals surface area contributed by atoms with Gasteiger partial charge in [-0.1, -0.05) is 18.2 Å². The first-order chi connectivity index (χ1) is 10.6. The normalized spacial score (nSPS) is 16.1. The third kappa shape index (κ3) is 3.39. The second-order valence-corrected chi connectivity index (χ2v) is 6.39. The minimum absolute atomic E-state index is 0.0428. The fraction of sp³-hybridized carbons (Fsp3) is 0.375. The molecule has 2 aromatic rings. The van der Waals surface area contributed by atoms with Crippen LogP contribution in [0.1, 0.15) is 17.7 Å². The molecule has 1 unspecified atom stereocenters. The van der Waals surface area contributed by atoms with Crippen LogP contribution < -0.4 is 10.5 Å². The van der Waals surface area contributed by atoms with Crippen LogP contribution in [-0.4, -0.2) is 35.5 Å². The van der Waals surface area contributed by atoms with Crippen molar-refractivity contribution >= 4 is 22.4 Å². The Kier molecular flexibility index (Phi) is 4.29. The molecule has 0 aliphatic carbocycles. The second kappa shape index (κ2) is 6.36. The highest BCUT2D eigenvalue weighted by Crippen LogP contribution is 2.28. The van der Waals surface area contributed by atoms with E-state index in [1.807, 2.05) is 30.6 Å². The number of amides is 1. The van der Waals surface area contributed by atoms with Crippen LogP contribution in [0.25, 0.3) is 0 Å². The van der Waals surface area contributed by atoms with Gasteiger partial charge < -0.3 is 15.4 Å². The number of ether oxygens (including phenoxy) is 1. The van der Waals surface area contributed by atoms with Crippen molar-refractivity contribution in [1.82, 2.24) is 9.88 Å². The number of nitrogens with two attached hydrogens (primary N) is 1. The van der Waals surface area contributed by atoms with Gasteiger partial charge in [-0.15, -0.1) is 11.3 Å². The van der Waals surface area contributed by atoms with Crippen LogP contribution in [0, 0.1) is 0 Å². The third-order valence-electron chi connectivity index (χ3n) is 3.78. The lowest BCUT2D eigenvalue weighted by molar-refractivity contribution is -0.130. The van der Waals surface area contributed by atoms with Crippen molar-refractivity contribution in [3.63, 3.8) is 0 Å². The van der Waals surface area contributed by atoms with Gasteiger partial charge in [0.1, 0.15) is 11.9 Å². The van der Waals surface area contributed by atoms with Gasteiger partial charge in [0.15, 0.2) is 5.13 Å². The Morgan fingerprint density at radius 1 is 1.50 bits per heavy atom. The van der Waals surface area contributed by atoms with E-state index in [0.717, 1.165) is 17.9 Å². The van der Waals surface area contributed by atoms with E-state index >= 15 is 0 Å². The number of carbonyl (C=O) groups is 1. The van der Waals surface area contributed by atoms with Crippen molar-refractivity contribution in [2.24, 2.45) is 0 Å². The Balaban J connectivity index is 1.48. The van der Waals surface area contributed by atoms with Crippen LogP contribution in [0.4, 0.5) is 5.13 Å². The minimum atomic E-state index is 0.0428. The highest BCUT2D eigenvalue weighted by atomic mass is 32.1. The molecule has 116 valence electrons. The van der Waals surface area contributed by atoms with Crippen LogP contribution in [0.5, 0.6) is 5.75 Å². The van der Waals surface area contributed by atoms with Gasteiger partial charge in [-0.25, -0.2) is 4.98 Å². The molecule has 0 saturated heterocycles. The van der Waals surface area contributed by atoms with Gasteiger partial charge in [-0.05, 0) is 18.1 Å². The Morgan fingerprint density at radius 3 is 3.05 bits per heavy atom. The lowest BCUT2D eigenvalue weighted by Crippen LogP contribution is -2.36. The smallest absolute Gasteiger partial charge is 0.222 e. The molecule has 0 spiro atoms. The van der Waals surface area contributed by atoms with Crippen molar-refractivity contribution in [2.75, 3.05) is 19.3 Å². The maximum atomic E-state index is 12.2. The van der Waals surface area contributed by atoms with Crippen LogP contribution in [0.3, 0.4) is 0 Å². The van der Waals surface area contributed by atoms with Gasteiger partial charge in [0, 0.05) is 25.3 Å². The quantitative estimate of drug-likeness (QED) is 0.917. The molecular weight excluding hydrogens is 298 g/mol. The molecule has 2 heterocycles. The van der Waals surface area contributed by atoms with E-state index in [9.17, 15) is 4.79 Å². The number of carbonyl (C=O) groups excluding carboxylic acids is 1. The van der Waals surface area contributed by atoms with Gasteiger partial charge in [0.05, 0.1) is 12.2 Å². The number of aromatic nitrogens is 1. The standard InChI is InChI=1S/C16H19N3O2S/c1-19(15(20)7-6-12-10-22-16(17)18-12)9-13-8-11-4-2-3-5-14(11)21-13/h2-5,10,13H,6-9H2,1H3,(H2,17,18). The highest BCUT2D eigenvalue weighted by molar-refractivity contribution is 7.13. The predicted molar refractivity (Wildman–Crippen MR) is 87.0 cm³/mol. The molecule has 1 aliphatic rings. The summed E-state index contributed by atoms with van der Waals surface area (Å²) < 4.78 is 5.87. The molecule has 0 saturated carbocycles. The zero-order chi connectivity index (χ0) is 15.5. The summed E-state index contributed by atoms with van der Waals surface area (Å²) in [6.07, 6.45) is 1.97. The van der Waals surface area contributed by atoms with E-state index in [4.69, 9.17) is 10.5 Å². The number of anilines is 1. The van der Waals surface area contributed by atoms with Crippen molar-refractivity contribution in [3.8, 4) is 5.75 Å². The second-order valence-electron chi connectivity index (χ2n) is 5.50. The lowest BCUT2D eigenvalue weighted by Gasteiger charge is -2.21. The number of thiazole rings is 1. The maximum Gasteiger partial charge on any atom is 0.222 e. The maximum absolute atomic E-state index is 12.2. The third-order valence-corrected chi connectivity index (χ3v) is 4.50. The first kappa shape index (κ1) is 14.8. The Labute approximate surface area is 133 Å². The number of nitrogens with zero attached hydrogens (tertiary/aromatic N) is 2. The largest absolute Gasteiger partial charge is 0.488 e. The number of aryl methyl sites for hydroxylation is 1. The first-order valence-electron chi connectivity index (χ1n) is 7.30. The first-order valence-corrected chi connectivity index (χ1v) is 8.18. The monoisotopic (exact) mass is 317 g/mol. The van der Waals surface area contributed by atoms with Crippen molar-refractivity contribution in [2.45, 2.75) is 25.4 Å². The van der Waals surface area contributed by atoms with Crippen molar-refractivity contribution in [3.05, 3.63) is 40.9 Å². The molecule has 6 heteroatoms. The molecule has 5 nitrogen and oxygen atoms in total. The number of fused-ring (bicyclic) bond motifs is 1. The molecule has 2 N–H and O–H groups in total. The van der Waals surface area contributed by atoms with E-state index in [-0.39, 0.29) is 12.0 Å². The average Bonchev–Trinajstić information content (AvgIpc) is 3.09. The fourth-order valence-electron chi connectivity index (χ4n) is 2.63. The number of nitrogen functional groups attached to an aromatic ring is 1. The highest BCUT2D eigenvalue weighted by Gasteiger charge is 2.24. The fourth-order valence-corrected chi connectivity index (χ4v) is 3.22. The molecule has 1 amide bonds. The number of rotatable bonds is 5. The van der Waals surface area contributed by atoms with Crippen LogP contribution in [0.15, 0.2) is 29.6 Å². The van der Waals surface area contributed by atoms with Crippen LogP contribution >= 0.6 is 11.3 Å². The Bertz CT molecular complexity index is 646. The summed E-state index contributed by atoms with van der Waals surface area (Å²) in [4.78, 5) is 18.1. The predicted octanol–water partition coefficient (Wildman–Crippen LogP) is 2.12. The summed E-state index contributed by atoms with van der Waals surface area (Å²) in [6.45, 7) is 0.604. The lowest BCUT2D eigenvalue weighted by atomic mass is 10.1. The van der Waals surface area contributed by atoms with Crippen LogP contribution in [-0.2, 0) is 17.6 Å². The zero-order valence-electron chi connectivity index (χ0n) is 12.5. The molecule has 3 rings (SSSR count). The van der Waals surface area contributed by atoms with Gasteiger partial charge in [0.2, 0.25) is 5.91 Å².